The predicted octanol–water partition coefficient (Wildman–Crippen LogP) is -0.299. The Morgan fingerprint density at radius 3 is 1.11 bits per heavy atom. The van der Waals surface area contributed by atoms with Gasteiger partial charge in [0.1, 0.15) is 24.5 Å². The molecule has 2 nitrogen and oxygen atoms in total. The van der Waals surface area contributed by atoms with Crippen LogP contribution in [0.1, 0.15) is 0 Å². The van der Waals surface area contributed by atoms with E-state index in [2.05, 4.69) is 178 Å². The normalized spacial score (nSPS) is 4.92. The largest absolute Gasteiger partial charge is 0.270 e. The van der Waals surface area contributed by atoms with E-state index >= 15 is 0 Å². The third kappa shape index (κ3) is 17.5. The van der Waals surface area contributed by atoms with Crippen LogP contribution in [0.5, 0.6) is 0 Å². The molecule has 2 heteroatoms. The molecule has 0 N–H and O–H groups in total. The molecule has 0 radical (unpaired) electrons. The summed E-state index contributed by atoms with van der Waals surface area (Å²) in [4.78, 5) is 0. The average molecular weight is 453 g/mol. The predicted molar refractivity (Wildman–Crippen MR) is 142 cm³/mol. The zero-order chi connectivity index (χ0) is 26.5. The first-order valence-electron chi connectivity index (χ1n) is 9.39. The quantitative estimate of drug-likeness (QED) is 0.377. The van der Waals surface area contributed by atoms with Crippen LogP contribution in [0.4, 0.5) is 0 Å². The molecule has 0 spiro atoms. The number of rotatable bonds is 0. The van der Waals surface area contributed by atoms with Gasteiger partial charge in [-0.25, -0.2) is 0 Å². The van der Waals surface area contributed by atoms with Crippen LogP contribution in [-0.2, 0) is 0 Å². The Kier molecular flexibility index (Phi) is 15.7. The smallest absolute Gasteiger partial charge is 0.154 e. The van der Waals surface area contributed by atoms with Gasteiger partial charge < -0.3 is 0 Å². The lowest BCUT2D eigenvalue weighted by Crippen LogP contribution is -2.24. The SMILES string of the molecule is C#CC#CC#CC#CC#CC#CC#CC#Cn1cc[n+](C#CC#CC#CC#CC#CC#CC#CC#C)c1. The molecule has 1 rings (SSSR count). The lowest BCUT2D eigenvalue weighted by atomic mass is 10.5. The molecule has 0 fully saturated rings. The number of hydrogen-bond donors (Lipinski definition) is 0. The van der Waals surface area contributed by atoms with E-state index in [1.807, 2.05) is 0 Å². The number of terminal acetylenes is 2. The Balaban J connectivity index is 2.55. The molecule has 0 aliphatic carbocycles. The molecule has 0 saturated heterocycles. The van der Waals surface area contributed by atoms with Gasteiger partial charge in [-0.15, -0.1) is 12.8 Å². The molecular formula is C35H5N2+. The summed E-state index contributed by atoms with van der Waals surface area (Å²) in [6.07, 6.45) is 14.9. The van der Waals surface area contributed by atoms with E-state index in [9.17, 15) is 0 Å². The maximum absolute atomic E-state index is 4.94. The zero-order valence-electron chi connectivity index (χ0n) is 18.8. The molecule has 1 heterocycles. The fraction of sp³-hybridized carbons (Fsp3) is 0. The highest BCUT2D eigenvalue weighted by atomic mass is 15.1. The summed E-state index contributed by atoms with van der Waals surface area (Å²) in [6, 6.07) is 5.58. The van der Waals surface area contributed by atoms with Gasteiger partial charge >= 0.3 is 0 Å². The monoisotopic (exact) mass is 453 g/mol. The van der Waals surface area contributed by atoms with Crippen molar-refractivity contribution in [2.45, 2.75) is 0 Å². The second-order valence-corrected chi connectivity index (χ2v) is 4.99. The summed E-state index contributed by atoms with van der Waals surface area (Å²) >= 11 is 0. The summed E-state index contributed by atoms with van der Waals surface area (Å²) in [5.41, 5.74) is 0. The van der Waals surface area contributed by atoms with Crippen molar-refractivity contribution in [2.24, 2.45) is 0 Å². The average Bonchev–Trinajstić information content (AvgIpc) is 3.36. The van der Waals surface area contributed by atoms with E-state index < -0.39 is 0 Å². The van der Waals surface area contributed by atoms with Crippen molar-refractivity contribution in [2.75, 3.05) is 0 Å². The maximum Gasteiger partial charge on any atom is 0.270 e. The maximum atomic E-state index is 4.94. The molecule has 0 bridgehead atoms. The van der Waals surface area contributed by atoms with Gasteiger partial charge in [0.05, 0.1) is 0 Å². The molecule has 1 aromatic heterocycles. The number of imidazole rings is 1. The van der Waals surface area contributed by atoms with Crippen LogP contribution < -0.4 is 4.57 Å². The van der Waals surface area contributed by atoms with Gasteiger partial charge in [0.25, 0.3) is 6.33 Å². The van der Waals surface area contributed by atoms with Crippen molar-refractivity contribution in [1.82, 2.24) is 4.57 Å². The molecule has 0 saturated carbocycles. The number of aromatic nitrogens is 2. The second kappa shape index (κ2) is 21.4. The van der Waals surface area contributed by atoms with Gasteiger partial charge in [-0.1, -0.05) is 0 Å². The van der Waals surface area contributed by atoms with Gasteiger partial charge in [0.2, 0.25) is 0 Å². The molecule has 0 atom stereocenters. The molecule has 0 aliphatic heterocycles. The molecule has 0 aliphatic rings. The van der Waals surface area contributed by atoms with E-state index in [1.165, 1.54) is 0 Å². The van der Waals surface area contributed by atoms with Crippen LogP contribution in [0, 0.1) is 191 Å². The lowest BCUT2D eigenvalue weighted by Gasteiger charge is -1.72. The fourth-order valence-corrected chi connectivity index (χ4v) is 1.43. The Bertz CT molecular complexity index is 1920. The summed E-state index contributed by atoms with van der Waals surface area (Å²) in [7, 11) is 0. The van der Waals surface area contributed by atoms with Crippen LogP contribution in [0.3, 0.4) is 0 Å². The van der Waals surface area contributed by atoms with Crippen LogP contribution >= 0.6 is 0 Å². The lowest BCUT2D eigenvalue weighted by molar-refractivity contribution is -0.582. The van der Waals surface area contributed by atoms with E-state index in [4.69, 9.17) is 12.8 Å². The number of hydrogen-bond acceptors (Lipinski definition) is 0. The topological polar surface area (TPSA) is 8.81 Å². The Morgan fingerprint density at radius 2 is 0.730 bits per heavy atom. The summed E-state index contributed by atoms with van der Waals surface area (Å²) in [5.74, 6) is 69.3. The summed E-state index contributed by atoms with van der Waals surface area (Å²) < 4.78 is 3.16. The fourth-order valence-electron chi connectivity index (χ4n) is 1.43. The molecular weight excluding hydrogens is 448 g/mol. The highest BCUT2D eigenvalue weighted by Crippen LogP contribution is 1.77. The van der Waals surface area contributed by atoms with E-state index in [-0.39, 0.29) is 0 Å². The first-order chi connectivity index (χ1) is 18.4. The summed E-state index contributed by atoms with van der Waals surface area (Å²) in [6.45, 7) is 0. The highest BCUT2D eigenvalue weighted by Gasteiger charge is 1.96. The zero-order valence-corrected chi connectivity index (χ0v) is 18.8. The van der Waals surface area contributed by atoms with Crippen molar-refractivity contribution in [1.29, 1.82) is 0 Å². The molecule has 0 unspecified atom stereocenters. The van der Waals surface area contributed by atoms with E-state index in [0.29, 0.717) is 0 Å². The Morgan fingerprint density at radius 1 is 0.405 bits per heavy atom. The van der Waals surface area contributed by atoms with Gasteiger partial charge in [-0.05, 0) is 82.9 Å². The van der Waals surface area contributed by atoms with Crippen LogP contribution in [-0.4, -0.2) is 4.57 Å². The van der Waals surface area contributed by atoms with Crippen molar-refractivity contribution in [3.63, 3.8) is 0 Å². The minimum atomic E-state index is 1.58. The van der Waals surface area contributed by atoms with Crippen LogP contribution in [0.2, 0.25) is 0 Å². The van der Waals surface area contributed by atoms with Crippen LogP contribution in [0.25, 0.3) is 0 Å². The van der Waals surface area contributed by atoms with E-state index in [1.54, 1.807) is 27.9 Å². The second-order valence-electron chi connectivity index (χ2n) is 4.99. The third-order valence-corrected chi connectivity index (χ3v) is 2.65. The van der Waals surface area contributed by atoms with Gasteiger partial charge in [-0.2, -0.15) is 9.13 Å². The Hall–Kier alpha value is -7.83. The van der Waals surface area contributed by atoms with Crippen molar-refractivity contribution >= 4 is 0 Å². The minimum Gasteiger partial charge on any atom is -0.154 e. The van der Waals surface area contributed by atoms with Gasteiger partial charge in [0, 0.05) is 82.9 Å². The molecule has 1 aromatic rings. The molecule has 0 aromatic carbocycles. The van der Waals surface area contributed by atoms with E-state index in [0.717, 1.165) is 0 Å². The van der Waals surface area contributed by atoms with Gasteiger partial charge in [-0.3, -0.25) is 0 Å². The standard InChI is InChI=1S/C35H5N2/c1-3-5-7-9-11-13-15-17-19-21-23-25-27-29-31-36-33-34-37(35-36)32-30-28-26-24-22-20-18-16-14-12-10-8-6-4-2/h1-2,33-35H/q+1. The summed E-state index contributed by atoms with van der Waals surface area (Å²) in [5, 5.41) is 0. The Labute approximate surface area is 218 Å². The van der Waals surface area contributed by atoms with Gasteiger partial charge in [0.15, 0.2) is 0 Å². The van der Waals surface area contributed by atoms with Crippen LogP contribution in [0.15, 0.2) is 18.7 Å². The minimum absolute atomic E-state index is 1.58. The first kappa shape index (κ1) is 27.2. The highest BCUT2D eigenvalue weighted by molar-refractivity contribution is 5.47. The first-order valence-corrected chi connectivity index (χ1v) is 9.39. The van der Waals surface area contributed by atoms with Crippen molar-refractivity contribution in [3.05, 3.63) is 18.7 Å². The van der Waals surface area contributed by atoms with Crippen molar-refractivity contribution < 1.29 is 4.57 Å². The number of nitrogens with zero attached hydrogens (tertiary/aromatic N) is 2. The third-order valence-electron chi connectivity index (χ3n) is 2.65. The molecule has 37 heavy (non-hydrogen) atoms. The molecule has 154 valence electrons. The van der Waals surface area contributed by atoms with Crippen molar-refractivity contribution in [3.8, 4) is 191 Å². The molecule has 0 amide bonds.